The van der Waals surface area contributed by atoms with Gasteiger partial charge in [-0.2, -0.15) is 0 Å². The van der Waals surface area contributed by atoms with Crippen molar-refractivity contribution in [3.63, 3.8) is 0 Å². The van der Waals surface area contributed by atoms with E-state index >= 15 is 0 Å². The van der Waals surface area contributed by atoms with Crippen molar-refractivity contribution in [3.8, 4) is 0 Å². The van der Waals surface area contributed by atoms with Crippen LogP contribution < -0.4 is 10.6 Å². The van der Waals surface area contributed by atoms with Crippen LogP contribution in [0.15, 0.2) is 36.4 Å². The van der Waals surface area contributed by atoms with Crippen molar-refractivity contribution in [1.82, 2.24) is 15.2 Å². The Hall–Kier alpha value is -2.56. The summed E-state index contributed by atoms with van der Waals surface area (Å²) in [5.41, 5.74) is 3.42. The second-order valence-corrected chi connectivity index (χ2v) is 9.06. The Morgan fingerprint density at radius 1 is 1.03 bits per heavy atom. The van der Waals surface area contributed by atoms with Crippen LogP contribution in [-0.4, -0.2) is 22.9 Å². The molecule has 1 aliphatic heterocycles. The van der Waals surface area contributed by atoms with Gasteiger partial charge in [-0.25, -0.2) is 0 Å². The lowest BCUT2D eigenvalue weighted by Crippen LogP contribution is -2.32. The van der Waals surface area contributed by atoms with Gasteiger partial charge in [-0.1, -0.05) is 56.5 Å². The van der Waals surface area contributed by atoms with Gasteiger partial charge in [0.05, 0.1) is 11.6 Å². The number of hydrogen-bond donors (Lipinski definition) is 2. The average molecular weight is 422 g/mol. The van der Waals surface area contributed by atoms with Gasteiger partial charge in [0, 0.05) is 18.8 Å². The molecule has 1 aliphatic carbocycles. The second-order valence-electron chi connectivity index (χ2n) is 9.06. The van der Waals surface area contributed by atoms with E-state index < -0.39 is 0 Å². The number of hydrogen-bond acceptors (Lipinski definition) is 2. The third kappa shape index (κ3) is 5.03. The maximum atomic E-state index is 13.2. The van der Waals surface area contributed by atoms with Gasteiger partial charge < -0.3 is 15.2 Å². The molecule has 1 saturated carbocycles. The summed E-state index contributed by atoms with van der Waals surface area (Å²) in [7, 11) is 0. The van der Waals surface area contributed by atoms with E-state index in [-0.39, 0.29) is 17.9 Å². The molecule has 0 radical (unpaired) electrons. The van der Waals surface area contributed by atoms with Crippen LogP contribution in [0, 0.1) is 5.92 Å². The number of amides is 2. The zero-order chi connectivity index (χ0) is 21.6. The molecule has 1 aromatic carbocycles. The Labute approximate surface area is 185 Å². The highest BCUT2D eigenvalue weighted by Crippen LogP contribution is 2.26. The molecule has 2 amide bonds. The van der Waals surface area contributed by atoms with E-state index in [0.717, 1.165) is 50.0 Å². The van der Waals surface area contributed by atoms with E-state index in [1.54, 1.807) is 0 Å². The first-order valence-electron chi connectivity index (χ1n) is 12.0. The zero-order valence-corrected chi connectivity index (χ0v) is 18.7. The van der Waals surface area contributed by atoms with Crippen LogP contribution in [0.5, 0.6) is 0 Å². The summed E-state index contributed by atoms with van der Waals surface area (Å²) < 4.78 is 2.08. The molecule has 0 bridgehead atoms. The van der Waals surface area contributed by atoms with Gasteiger partial charge >= 0.3 is 0 Å². The van der Waals surface area contributed by atoms with E-state index in [1.807, 2.05) is 36.4 Å². The lowest BCUT2D eigenvalue weighted by atomic mass is 9.89. The number of benzene rings is 1. The van der Waals surface area contributed by atoms with Gasteiger partial charge in [0.2, 0.25) is 0 Å². The first-order chi connectivity index (χ1) is 15.2. The SMILES string of the molecule is CC[C@@H](NC(=O)c1cc(C(=O)NCC2CCCCC2)n2c1CCCC2)c1ccccc1. The van der Waals surface area contributed by atoms with Crippen molar-refractivity contribution in [2.24, 2.45) is 5.92 Å². The van der Waals surface area contributed by atoms with E-state index in [2.05, 4.69) is 22.1 Å². The molecule has 1 aromatic heterocycles. The van der Waals surface area contributed by atoms with E-state index in [9.17, 15) is 9.59 Å². The second kappa shape index (κ2) is 10.2. The van der Waals surface area contributed by atoms with Crippen LogP contribution in [-0.2, 0) is 13.0 Å². The summed E-state index contributed by atoms with van der Waals surface area (Å²) in [6.45, 7) is 3.63. The zero-order valence-electron chi connectivity index (χ0n) is 18.7. The normalized spacial score (nSPS) is 17.6. The molecule has 5 heteroatoms. The van der Waals surface area contributed by atoms with Gasteiger partial charge in [-0.3, -0.25) is 9.59 Å². The molecular weight excluding hydrogens is 386 g/mol. The van der Waals surface area contributed by atoms with Crippen molar-refractivity contribution in [1.29, 1.82) is 0 Å². The molecule has 31 heavy (non-hydrogen) atoms. The Kier molecular flexibility index (Phi) is 7.10. The fourth-order valence-electron chi connectivity index (χ4n) is 5.12. The monoisotopic (exact) mass is 421 g/mol. The minimum atomic E-state index is -0.0762. The van der Waals surface area contributed by atoms with Crippen molar-refractivity contribution in [2.45, 2.75) is 77.3 Å². The number of carbonyl (C=O) groups excluding carboxylic acids is 2. The smallest absolute Gasteiger partial charge is 0.267 e. The highest BCUT2D eigenvalue weighted by molar-refractivity contribution is 6.00. The topological polar surface area (TPSA) is 63.1 Å². The molecule has 0 saturated heterocycles. The average Bonchev–Trinajstić information content (AvgIpc) is 3.22. The van der Waals surface area contributed by atoms with Crippen molar-refractivity contribution in [2.75, 3.05) is 6.54 Å². The highest BCUT2D eigenvalue weighted by Gasteiger charge is 2.27. The molecule has 0 unspecified atom stereocenters. The summed E-state index contributed by atoms with van der Waals surface area (Å²) in [4.78, 5) is 26.3. The van der Waals surface area contributed by atoms with Crippen molar-refractivity contribution in [3.05, 3.63) is 58.9 Å². The van der Waals surface area contributed by atoms with Crippen LogP contribution in [0.25, 0.3) is 0 Å². The molecule has 1 atom stereocenters. The standard InChI is InChI=1S/C26H35N3O2/c1-2-22(20-13-7-4-8-14-20)28-25(30)21-17-24(29-16-10-9-15-23(21)29)26(31)27-18-19-11-5-3-6-12-19/h4,7-8,13-14,17,19,22H,2-3,5-6,9-12,15-16,18H2,1H3,(H,27,31)(H,28,30)/t22-/m1/s1. The van der Waals surface area contributed by atoms with E-state index in [4.69, 9.17) is 0 Å². The van der Waals surface area contributed by atoms with Gasteiger partial charge in [-0.15, -0.1) is 0 Å². The predicted octanol–water partition coefficient (Wildman–Crippen LogP) is 5.02. The number of carbonyl (C=O) groups is 2. The fraction of sp³-hybridized carbons (Fsp3) is 0.538. The third-order valence-corrected chi connectivity index (χ3v) is 6.92. The van der Waals surface area contributed by atoms with Gasteiger partial charge in [-0.05, 0) is 56.1 Å². The summed E-state index contributed by atoms with van der Waals surface area (Å²) in [6, 6.07) is 11.9. The minimum absolute atomic E-state index is 0.0311. The molecule has 5 nitrogen and oxygen atoms in total. The first-order valence-corrected chi connectivity index (χ1v) is 12.0. The van der Waals surface area contributed by atoms with Crippen LogP contribution in [0.3, 0.4) is 0 Å². The maximum absolute atomic E-state index is 13.2. The van der Waals surface area contributed by atoms with Crippen LogP contribution in [0.1, 0.15) is 96.4 Å². The number of nitrogens with zero attached hydrogens (tertiary/aromatic N) is 1. The summed E-state index contributed by atoms with van der Waals surface area (Å²) in [5.74, 6) is 0.475. The largest absolute Gasteiger partial charge is 0.350 e. The minimum Gasteiger partial charge on any atom is -0.350 e. The molecule has 2 N–H and O–H groups in total. The molecular formula is C26H35N3O2. The molecule has 4 rings (SSSR count). The summed E-state index contributed by atoms with van der Waals surface area (Å²) in [5, 5.41) is 6.36. The lowest BCUT2D eigenvalue weighted by Gasteiger charge is -2.22. The van der Waals surface area contributed by atoms with Crippen LogP contribution in [0.4, 0.5) is 0 Å². The van der Waals surface area contributed by atoms with Crippen LogP contribution in [0.2, 0.25) is 0 Å². The molecule has 2 heterocycles. The van der Waals surface area contributed by atoms with Crippen molar-refractivity contribution < 1.29 is 9.59 Å². The lowest BCUT2D eigenvalue weighted by molar-refractivity contribution is 0.0927. The molecule has 1 fully saturated rings. The Balaban J connectivity index is 1.50. The number of aromatic nitrogens is 1. The van der Waals surface area contributed by atoms with E-state index in [0.29, 0.717) is 17.2 Å². The molecule has 2 aliphatic rings. The third-order valence-electron chi connectivity index (χ3n) is 6.92. The Bertz CT molecular complexity index is 897. The van der Waals surface area contributed by atoms with Crippen LogP contribution >= 0.6 is 0 Å². The van der Waals surface area contributed by atoms with Gasteiger partial charge in [0.1, 0.15) is 5.69 Å². The predicted molar refractivity (Wildman–Crippen MR) is 123 cm³/mol. The van der Waals surface area contributed by atoms with Crippen molar-refractivity contribution >= 4 is 11.8 Å². The number of rotatable bonds is 7. The van der Waals surface area contributed by atoms with Gasteiger partial charge in [0.15, 0.2) is 0 Å². The van der Waals surface area contributed by atoms with E-state index in [1.165, 1.54) is 32.1 Å². The molecule has 166 valence electrons. The summed E-state index contributed by atoms with van der Waals surface area (Å²) in [6.07, 6.45) is 10.0. The molecule has 2 aromatic rings. The first kappa shape index (κ1) is 21.7. The Morgan fingerprint density at radius 3 is 2.55 bits per heavy atom. The maximum Gasteiger partial charge on any atom is 0.267 e. The Morgan fingerprint density at radius 2 is 1.81 bits per heavy atom. The van der Waals surface area contributed by atoms with Gasteiger partial charge in [0.25, 0.3) is 11.8 Å². The summed E-state index contributed by atoms with van der Waals surface area (Å²) >= 11 is 0. The molecule has 0 spiro atoms. The highest BCUT2D eigenvalue weighted by atomic mass is 16.2. The fourth-order valence-corrected chi connectivity index (χ4v) is 5.12. The quantitative estimate of drug-likeness (QED) is 0.660. The number of nitrogens with one attached hydrogen (secondary N) is 2. The number of fused-ring (bicyclic) bond motifs is 1.